The summed E-state index contributed by atoms with van der Waals surface area (Å²) in [7, 11) is 0. The molecule has 0 saturated carbocycles. The Balaban J connectivity index is 1.42. The van der Waals surface area contributed by atoms with E-state index in [0.717, 1.165) is 15.7 Å². The molecule has 2 amide bonds. The predicted molar refractivity (Wildman–Crippen MR) is 153 cm³/mol. The highest BCUT2D eigenvalue weighted by Gasteiger charge is 2.17. The van der Waals surface area contributed by atoms with Crippen LogP contribution in [-0.2, 0) is 29.1 Å². The van der Waals surface area contributed by atoms with Crippen LogP contribution in [0, 0.1) is 13.8 Å². The van der Waals surface area contributed by atoms with Crippen LogP contribution in [0.2, 0.25) is 0 Å². The minimum atomic E-state index is -0.636. The summed E-state index contributed by atoms with van der Waals surface area (Å²) in [4.78, 5) is 52.4. The normalized spacial score (nSPS) is 10.9. The number of aromatic nitrogens is 2. The van der Waals surface area contributed by atoms with Crippen molar-refractivity contribution in [2.45, 2.75) is 33.4 Å². The molecule has 0 saturated heterocycles. The van der Waals surface area contributed by atoms with Crippen LogP contribution in [0.1, 0.15) is 22.5 Å². The highest BCUT2D eigenvalue weighted by Crippen LogP contribution is 2.17. The van der Waals surface area contributed by atoms with E-state index < -0.39 is 11.2 Å². The summed E-state index contributed by atoms with van der Waals surface area (Å²) in [6, 6.07) is 22.5. The van der Waals surface area contributed by atoms with Crippen molar-refractivity contribution in [3.8, 4) is 5.69 Å². The molecule has 0 aliphatic heterocycles. The van der Waals surface area contributed by atoms with Crippen molar-refractivity contribution >= 4 is 28.4 Å². The van der Waals surface area contributed by atoms with Gasteiger partial charge < -0.3 is 15.1 Å². The van der Waals surface area contributed by atoms with Crippen molar-refractivity contribution in [1.82, 2.24) is 14.5 Å². The molecule has 202 valence electrons. The summed E-state index contributed by atoms with van der Waals surface area (Å²) < 4.78 is 7.57. The number of furan rings is 1. The third kappa shape index (κ3) is 5.63. The fraction of sp³-hybridized carbons (Fsp3) is 0.161. The average Bonchev–Trinajstić information content (AvgIpc) is 3.46. The van der Waals surface area contributed by atoms with Crippen molar-refractivity contribution in [1.29, 1.82) is 0 Å². The van der Waals surface area contributed by atoms with Gasteiger partial charge in [0.2, 0.25) is 11.8 Å². The van der Waals surface area contributed by atoms with Gasteiger partial charge in [-0.1, -0.05) is 42.0 Å². The Bertz CT molecular complexity index is 1820. The molecule has 0 aliphatic carbocycles. The van der Waals surface area contributed by atoms with Gasteiger partial charge in [-0.15, -0.1) is 0 Å². The molecule has 0 atom stereocenters. The van der Waals surface area contributed by atoms with Gasteiger partial charge in [0, 0.05) is 5.69 Å². The summed E-state index contributed by atoms with van der Waals surface area (Å²) in [5, 5.41) is 5.96. The van der Waals surface area contributed by atoms with Crippen LogP contribution in [0.15, 0.2) is 99.1 Å². The van der Waals surface area contributed by atoms with Crippen molar-refractivity contribution in [2.24, 2.45) is 0 Å². The molecule has 0 radical (unpaired) electrons. The number of anilines is 1. The van der Waals surface area contributed by atoms with Crippen LogP contribution in [-0.4, -0.2) is 20.9 Å². The van der Waals surface area contributed by atoms with Gasteiger partial charge in [-0.25, -0.2) is 9.36 Å². The van der Waals surface area contributed by atoms with Gasteiger partial charge in [-0.05, 0) is 67.4 Å². The fourth-order valence-electron chi connectivity index (χ4n) is 4.60. The SMILES string of the molecule is Cc1ccc(NC(=O)Cn2c(=O)n(-c3ccc(CC(=O)NCc4ccco4)cc3)c(=O)c3ccccc32)c(C)c1. The second-order valence-electron chi connectivity index (χ2n) is 9.59. The van der Waals surface area contributed by atoms with Crippen LogP contribution < -0.4 is 21.9 Å². The first kappa shape index (κ1) is 26.4. The molecule has 3 aromatic carbocycles. The smallest absolute Gasteiger partial charge is 0.336 e. The third-order valence-corrected chi connectivity index (χ3v) is 6.61. The van der Waals surface area contributed by atoms with E-state index in [1.165, 1.54) is 4.57 Å². The number of hydrogen-bond donors (Lipinski definition) is 2. The van der Waals surface area contributed by atoms with Gasteiger partial charge in [-0.3, -0.25) is 19.0 Å². The number of carbonyl (C=O) groups is 2. The predicted octanol–water partition coefficient (Wildman–Crippen LogP) is 3.86. The summed E-state index contributed by atoms with van der Waals surface area (Å²) in [5.41, 5.74) is 2.93. The lowest BCUT2D eigenvalue weighted by molar-refractivity contribution is -0.120. The van der Waals surface area contributed by atoms with Gasteiger partial charge in [0.25, 0.3) is 5.56 Å². The molecule has 5 rings (SSSR count). The van der Waals surface area contributed by atoms with Crippen molar-refractivity contribution in [3.63, 3.8) is 0 Å². The zero-order chi connectivity index (χ0) is 28.2. The van der Waals surface area contributed by atoms with Crippen LogP contribution in [0.25, 0.3) is 16.6 Å². The second kappa shape index (κ2) is 11.3. The van der Waals surface area contributed by atoms with E-state index in [1.807, 2.05) is 32.0 Å². The molecular formula is C31H28N4O5. The first-order valence-corrected chi connectivity index (χ1v) is 12.8. The highest BCUT2D eigenvalue weighted by molar-refractivity contribution is 5.92. The van der Waals surface area contributed by atoms with Gasteiger partial charge in [0.15, 0.2) is 0 Å². The first-order valence-electron chi connectivity index (χ1n) is 12.8. The number of carbonyl (C=O) groups excluding carboxylic acids is 2. The number of aryl methyl sites for hydroxylation is 2. The Labute approximate surface area is 229 Å². The standard InChI is InChI=1S/C31H28N4O5/c1-20-9-14-26(21(2)16-20)33-29(37)19-34-27-8-4-3-7-25(27)30(38)35(31(34)39)23-12-10-22(11-13-23)17-28(36)32-18-24-6-5-15-40-24/h3-16H,17-19H2,1-2H3,(H,32,36)(H,33,37). The Hall–Kier alpha value is -5.18. The molecule has 0 bridgehead atoms. The zero-order valence-electron chi connectivity index (χ0n) is 22.1. The van der Waals surface area contributed by atoms with E-state index in [9.17, 15) is 19.2 Å². The second-order valence-corrected chi connectivity index (χ2v) is 9.59. The van der Waals surface area contributed by atoms with Crippen LogP contribution in [0.4, 0.5) is 5.69 Å². The number of nitrogens with one attached hydrogen (secondary N) is 2. The van der Waals surface area contributed by atoms with Crippen LogP contribution in [0.5, 0.6) is 0 Å². The van der Waals surface area contributed by atoms with Crippen molar-refractivity contribution in [3.05, 3.63) is 128 Å². The molecule has 5 aromatic rings. The largest absolute Gasteiger partial charge is 0.467 e. The number of fused-ring (bicyclic) bond motifs is 1. The molecule has 0 fully saturated rings. The molecule has 2 aromatic heterocycles. The number of nitrogens with zero attached hydrogens (tertiary/aromatic N) is 2. The number of benzene rings is 3. The van der Waals surface area contributed by atoms with E-state index in [0.29, 0.717) is 33.6 Å². The molecule has 2 N–H and O–H groups in total. The van der Waals surface area contributed by atoms with E-state index in [-0.39, 0.29) is 31.3 Å². The van der Waals surface area contributed by atoms with Gasteiger partial charge in [0.1, 0.15) is 12.3 Å². The van der Waals surface area contributed by atoms with E-state index in [1.54, 1.807) is 66.9 Å². The number of para-hydroxylation sites is 1. The van der Waals surface area contributed by atoms with E-state index in [2.05, 4.69) is 10.6 Å². The lowest BCUT2D eigenvalue weighted by atomic mass is 10.1. The third-order valence-electron chi connectivity index (χ3n) is 6.61. The molecule has 0 unspecified atom stereocenters. The van der Waals surface area contributed by atoms with E-state index in [4.69, 9.17) is 4.42 Å². The minimum Gasteiger partial charge on any atom is -0.467 e. The molecule has 2 heterocycles. The lowest BCUT2D eigenvalue weighted by Gasteiger charge is -2.15. The van der Waals surface area contributed by atoms with Crippen molar-refractivity contribution in [2.75, 3.05) is 5.32 Å². The Morgan fingerprint density at radius 1 is 0.875 bits per heavy atom. The summed E-state index contributed by atoms with van der Waals surface area (Å²) in [6.45, 7) is 3.88. The Morgan fingerprint density at radius 3 is 2.38 bits per heavy atom. The highest BCUT2D eigenvalue weighted by atomic mass is 16.3. The monoisotopic (exact) mass is 536 g/mol. The topological polar surface area (TPSA) is 115 Å². The first-order chi connectivity index (χ1) is 19.3. The maximum Gasteiger partial charge on any atom is 0.336 e. The fourth-order valence-corrected chi connectivity index (χ4v) is 4.60. The van der Waals surface area contributed by atoms with Gasteiger partial charge in [0.05, 0.1) is 35.8 Å². The van der Waals surface area contributed by atoms with Gasteiger partial charge in [-0.2, -0.15) is 0 Å². The minimum absolute atomic E-state index is 0.121. The summed E-state index contributed by atoms with van der Waals surface area (Å²) in [5.74, 6) is 0.0721. The van der Waals surface area contributed by atoms with Crippen LogP contribution in [0.3, 0.4) is 0 Å². The van der Waals surface area contributed by atoms with Crippen LogP contribution >= 0.6 is 0 Å². The number of hydrogen-bond acceptors (Lipinski definition) is 5. The van der Waals surface area contributed by atoms with Gasteiger partial charge >= 0.3 is 5.69 Å². The molecular weight excluding hydrogens is 508 g/mol. The summed E-state index contributed by atoms with van der Waals surface area (Å²) >= 11 is 0. The molecule has 0 aliphatic rings. The molecule has 0 spiro atoms. The Kier molecular flexibility index (Phi) is 7.46. The molecule has 40 heavy (non-hydrogen) atoms. The summed E-state index contributed by atoms with van der Waals surface area (Å²) in [6.07, 6.45) is 1.66. The Morgan fingerprint density at radius 2 is 1.65 bits per heavy atom. The molecule has 9 nitrogen and oxygen atoms in total. The lowest BCUT2D eigenvalue weighted by Crippen LogP contribution is -2.40. The number of amides is 2. The van der Waals surface area contributed by atoms with Crippen molar-refractivity contribution < 1.29 is 14.0 Å². The quantitative estimate of drug-likeness (QED) is 0.313. The average molecular weight is 537 g/mol. The molecule has 9 heteroatoms. The number of rotatable bonds is 8. The maximum atomic E-state index is 13.6. The van der Waals surface area contributed by atoms with E-state index >= 15 is 0 Å². The zero-order valence-corrected chi connectivity index (χ0v) is 22.1. The maximum absolute atomic E-state index is 13.6.